The van der Waals surface area contributed by atoms with Crippen LogP contribution in [0.4, 0.5) is 13.2 Å². The number of carboxylic acids is 1. The topological polar surface area (TPSA) is 54.4 Å². The summed E-state index contributed by atoms with van der Waals surface area (Å²) in [5, 5.41) is 8.43. The van der Waals surface area contributed by atoms with Gasteiger partial charge < -0.3 is 5.11 Å². The quantitative estimate of drug-likeness (QED) is 0.628. The van der Waals surface area contributed by atoms with E-state index in [1.807, 2.05) is 0 Å². The van der Waals surface area contributed by atoms with Crippen molar-refractivity contribution in [2.75, 3.05) is 0 Å². The lowest BCUT2D eigenvalue weighted by molar-refractivity contribution is -0.138. The molecule has 3 nitrogen and oxygen atoms in total. The largest absolute Gasteiger partial charge is 0.475 e. The fourth-order valence-electron chi connectivity index (χ4n) is 1.31. The van der Waals surface area contributed by atoms with Crippen molar-refractivity contribution < 1.29 is 27.9 Å². The molecule has 0 fully saturated rings. The van der Waals surface area contributed by atoms with Gasteiger partial charge in [-0.05, 0) is 18.6 Å². The summed E-state index contributed by atoms with van der Waals surface area (Å²) in [7, 11) is 0. The molecule has 16 heavy (non-hydrogen) atoms. The van der Waals surface area contributed by atoms with Crippen molar-refractivity contribution in [3.8, 4) is 0 Å². The lowest BCUT2D eigenvalue weighted by Gasteiger charge is -2.12. The van der Waals surface area contributed by atoms with Gasteiger partial charge in [-0.1, -0.05) is 12.1 Å². The molecule has 0 atom stereocenters. The number of aliphatic carboxylic acids is 1. The maximum absolute atomic E-state index is 12.5. The monoisotopic (exact) mass is 232 g/mol. The molecule has 1 aromatic carbocycles. The van der Waals surface area contributed by atoms with E-state index in [0.717, 1.165) is 6.07 Å². The number of aryl methyl sites for hydroxylation is 1. The first-order valence-corrected chi connectivity index (χ1v) is 4.19. The van der Waals surface area contributed by atoms with Gasteiger partial charge in [0, 0.05) is 5.56 Å². The molecule has 0 spiro atoms. The molecule has 1 rings (SSSR count). The second-order valence-corrected chi connectivity index (χ2v) is 3.13. The minimum atomic E-state index is -4.74. The van der Waals surface area contributed by atoms with E-state index in [4.69, 9.17) is 5.11 Å². The number of hydrogen-bond acceptors (Lipinski definition) is 2. The maximum atomic E-state index is 12.5. The Hall–Kier alpha value is -1.85. The van der Waals surface area contributed by atoms with Crippen molar-refractivity contribution in [1.29, 1.82) is 0 Å². The molecular weight excluding hydrogens is 225 g/mol. The fourth-order valence-corrected chi connectivity index (χ4v) is 1.31. The summed E-state index contributed by atoms with van der Waals surface area (Å²) >= 11 is 0. The Bertz CT molecular complexity index is 449. The molecule has 0 radical (unpaired) electrons. The Balaban J connectivity index is 3.47. The summed E-state index contributed by atoms with van der Waals surface area (Å²) < 4.78 is 37.5. The van der Waals surface area contributed by atoms with Crippen LogP contribution in [0.5, 0.6) is 0 Å². The minimum absolute atomic E-state index is 0.0118. The van der Waals surface area contributed by atoms with Gasteiger partial charge in [-0.3, -0.25) is 4.79 Å². The van der Waals surface area contributed by atoms with Crippen molar-refractivity contribution in [1.82, 2.24) is 0 Å². The number of alkyl halides is 3. The number of carboxylic acid groups (broad SMARTS) is 1. The molecule has 86 valence electrons. The van der Waals surface area contributed by atoms with Crippen molar-refractivity contribution in [2.45, 2.75) is 13.1 Å². The van der Waals surface area contributed by atoms with Crippen molar-refractivity contribution in [3.63, 3.8) is 0 Å². The third kappa shape index (κ3) is 2.21. The third-order valence-corrected chi connectivity index (χ3v) is 2.00. The van der Waals surface area contributed by atoms with Crippen LogP contribution in [0.3, 0.4) is 0 Å². The Morgan fingerprint density at radius 1 is 1.25 bits per heavy atom. The summed E-state index contributed by atoms with van der Waals surface area (Å²) in [4.78, 5) is 21.5. The van der Waals surface area contributed by atoms with Gasteiger partial charge in [0.1, 0.15) is 0 Å². The van der Waals surface area contributed by atoms with Crippen LogP contribution in [0.2, 0.25) is 0 Å². The first-order chi connectivity index (χ1) is 7.25. The van der Waals surface area contributed by atoms with Gasteiger partial charge in [0.05, 0.1) is 5.56 Å². The summed E-state index contributed by atoms with van der Waals surface area (Å²) in [5.41, 5.74) is -2.04. The Kier molecular flexibility index (Phi) is 3.02. The van der Waals surface area contributed by atoms with Crippen LogP contribution in [0, 0.1) is 6.92 Å². The Morgan fingerprint density at radius 2 is 1.81 bits per heavy atom. The van der Waals surface area contributed by atoms with Gasteiger partial charge in [0.25, 0.3) is 5.78 Å². The van der Waals surface area contributed by atoms with Crippen LogP contribution in [0.25, 0.3) is 0 Å². The SMILES string of the molecule is Cc1cccc(C(F)(F)F)c1C(=O)C(=O)O. The lowest BCUT2D eigenvalue weighted by atomic mass is 9.98. The third-order valence-electron chi connectivity index (χ3n) is 2.00. The summed E-state index contributed by atoms with van der Waals surface area (Å²) in [6.07, 6.45) is -4.74. The predicted octanol–water partition coefficient (Wildman–Crippen LogP) is 2.28. The second-order valence-electron chi connectivity index (χ2n) is 3.13. The van der Waals surface area contributed by atoms with E-state index in [2.05, 4.69) is 0 Å². The van der Waals surface area contributed by atoms with Crippen LogP contribution >= 0.6 is 0 Å². The van der Waals surface area contributed by atoms with Gasteiger partial charge >= 0.3 is 12.1 Å². The Labute approximate surface area is 88.5 Å². The number of rotatable bonds is 2. The van der Waals surface area contributed by atoms with Crippen molar-refractivity contribution >= 4 is 11.8 Å². The standard InChI is InChI=1S/C10H7F3O3/c1-5-3-2-4-6(10(11,12)13)7(5)8(14)9(15)16/h2-4H,1H3,(H,15,16). The lowest BCUT2D eigenvalue weighted by Crippen LogP contribution is -2.20. The number of hydrogen-bond donors (Lipinski definition) is 1. The van der Waals surface area contributed by atoms with Gasteiger partial charge in [0.15, 0.2) is 0 Å². The van der Waals surface area contributed by atoms with E-state index in [1.165, 1.54) is 13.0 Å². The van der Waals surface area contributed by atoms with Crippen LogP contribution in [-0.4, -0.2) is 16.9 Å². The molecule has 0 aromatic heterocycles. The number of benzene rings is 1. The van der Waals surface area contributed by atoms with E-state index >= 15 is 0 Å². The van der Waals surface area contributed by atoms with Crippen molar-refractivity contribution in [2.24, 2.45) is 0 Å². The molecule has 0 heterocycles. The molecule has 0 aliphatic carbocycles. The highest BCUT2D eigenvalue weighted by Gasteiger charge is 2.37. The molecule has 0 unspecified atom stereocenters. The molecule has 0 aliphatic heterocycles. The number of carbonyl (C=O) groups is 2. The van der Waals surface area contributed by atoms with Gasteiger partial charge in [-0.2, -0.15) is 13.2 Å². The molecule has 1 N–H and O–H groups in total. The first-order valence-electron chi connectivity index (χ1n) is 4.19. The first kappa shape index (κ1) is 12.2. The predicted molar refractivity (Wildman–Crippen MR) is 48.1 cm³/mol. The highest BCUT2D eigenvalue weighted by Crippen LogP contribution is 2.33. The molecule has 0 saturated carbocycles. The van der Waals surface area contributed by atoms with Crippen LogP contribution in [0.1, 0.15) is 21.5 Å². The van der Waals surface area contributed by atoms with E-state index in [9.17, 15) is 22.8 Å². The zero-order chi connectivity index (χ0) is 12.5. The average molecular weight is 232 g/mol. The average Bonchev–Trinajstić information content (AvgIpc) is 2.14. The van der Waals surface area contributed by atoms with E-state index < -0.39 is 29.1 Å². The van der Waals surface area contributed by atoms with Crippen LogP contribution < -0.4 is 0 Å². The van der Waals surface area contributed by atoms with Crippen LogP contribution in [0.15, 0.2) is 18.2 Å². The number of carbonyl (C=O) groups excluding carboxylic acids is 1. The number of ketones is 1. The molecule has 0 amide bonds. The smallest absolute Gasteiger partial charge is 0.417 e. The molecule has 0 bridgehead atoms. The van der Waals surface area contributed by atoms with Gasteiger partial charge in [-0.25, -0.2) is 4.79 Å². The summed E-state index contributed by atoms with van der Waals surface area (Å²) in [5.74, 6) is -3.45. The van der Waals surface area contributed by atoms with Crippen molar-refractivity contribution in [3.05, 3.63) is 34.9 Å². The van der Waals surface area contributed by atoms with Crippen LogP contribution in [-0.2, 0) is 11.0 Å². The van der Waals surface area contributed by atoms with E-state index in [-0.39, 0.29) is 5.56 Å². The molecule has 0 saturated heterocycles. The molecule has 1 aromatic rings. The number of halogens is 3. The number of Topliss-reactive ketones (excluding diaryl/α,β-unsaturated/α-hetero) is 1. The zero-order valence-electron chi connectivity index (χ0n) is 8.13. The minimum Gasteiger partial charge on any atom is -0.475 e. The van der Waals surface area contributed by atoms with E-state index in [1.54, 1.807) is 0 Å². The normalized spacial score (nSPS) is 11.2. The molecule has 0 aliphatic rings. The summed E-state index contributed by atoms with van der Waals surface area (Å²) in [6, 6.07) is 3.06. The fraction of sp³-hybridized carbons (Fsp3) is 0.200. The van der Waals surface area contributed by atoms with Gasteiger partial charge in [0.2, 0.25) is 0 Å². The molecule has 6 heteroatoms. The zero-order valence-corrected chi connectivity index (χ0v) is 8.13. The van der Waals surface area contributed by atoms with Gasteiger partial charge in [-0.15, -0.1) is 0 Å². The highest BCUT2D eigenvalue weighted by atomic mass is 19.4. The second kappa shape index (κ2) is 3.96. The summed E-state index contributed by atoms with van der Waals surface area (Å²) in [6.45, 7) is 1.26. The molecular formula is C10H7F3O3. The van der Waals surface area contributed by atoms with E-state index in [0.29, 0.717) is 6.07 Å². The maximum Gasteiger partial charge on any atom is 0.417 e. The Morgan fingerprint density at radius 3 is 2.25 bits per heavy atom. The highest BCUT2D eigenvalue weighted by molar-refractivity contribution is 6.40.